The first-order valence-electron chi connectivity index (χ1n) is 6.19. The predicted molar refractivity (Wildman–Crippen MR) is 68.3 cm³/mol. The van der Waals surface area contributed by atoms with Crippen molar-refractivity contribution in [1.82, 2.24) is 0 Å². The first-order valence-corrected chi connectivity index (χ1v) is 9.00. The van der Waals surface area contributed by atoms with Gasteiger partial charge in [-0.25, -0.2) is 0 Å². The van der Waals surface area contributed by atoms with Crippen molar-refractivity contribution < 1.29 is 8.85 Å². The van der Waals surface area contributed by atoms with Gasteiger partial charge in [0.1, 0.15) is 0 Å². The number of rotatable bonds is 8. The molecule has 2 atom stereocenters. The van der Waals surface area contributed by atoms with E-state index in [0.717, 1.165) is 13.2 Å². The maximum atomic E-state index is 5.89. The average molecular weight is 232 g/mol. The Balaban J connectivity index is 3.75. The molecule has 2 nitrogen and oxygen atoms in total. The molecule has 0 aliphatic heterocycles. The molecule has 3 heteroatoms. The van der Waals surface area contributed by atoms with Gasteiger partial charge in [-0.2, -0.15) is 0 Å². The molecule has 0 saturated carbocycles. The second-order valence-electron chi connectivity index (χ2n) is 5.05. The fraction of sp³-hybridized carbons (Fsp3) is 1.00. The molecule has 0 aliphatic carbocycles. The molecule has 0 radical (unpaired) electrons. The van der Waals surface area contributed by atoms with Crippen LogP contribution in [0.4, 0.5) is 0 Å². The Hall–Kier alpha value is 0.137. The van der Waals surface area contributed by atoms with E-state index in [0.29, 0.717) is 11.8 Å². The zero-order valence-electron chi connectivity index (χ0n) is 11.3. The molecule has 0 amide bonds. The summed E-state index contributed by atoms with van der Waals surface area (Å²) in [5.74, 6) is 1.29. The van der Waals surface area contributed by atoms with Crippen molar-refractivity contribution in [3.8, 4) is 0 Å². The summed E-state index contributed by atoms with van der Waals surface area (Å²) in [4.78, 5) is 0. The standard InChI is InChI=1S/C12H28O2Si/c1-7-11(3)9-13-15(5,6)14-10-12(4)8-2/h11-12H,7-10H2,1-6H3. The van der Waals surface area contributed by atoms with Gasteiger partial charge in [-0.15, -0.1) is 0 Å². The molecule has 2 unspecified atom stereocenters. The highest BCUT2D eigenvalue weighted by Gasteiger charge is 2.25. The van der Waals surface area contributed by atoms with Gasteiger partial charge in [0.05, 0.1) is 0 Å². The van der Waals surface area contributed by atoms with Crippen LogP contribution >= 0.6 is 0 Å². The van der Waals surface area contributed by atoms with Gasteiger partial charge in [0.15, 0.2) is 0 Å². The summed E-state index contributed by atoms with van der Waals surface area (Å²) in [6, 6.07) is 0. The van der Waals surface area contributed by atoms with Crippen molar-refractivity contribution in [2.75, 3.05) is 13.2 Å². The largest absolute Gasteiger partial charge is 0.394 e. The van der Waals surface area contributed by atoms with E-state index in [1.165, 1.54) is 12.8 Å². The van der Waals surface area contributed by atoms with Crippen molar-refractivity contribution in [1.29, 1.82) is 0 Å². The smallest absolute Gasteiger partial charge is 0.331 e. The van der Waals surface area contributed by atoms with Gasteiger partial charge in [0.25, 0.3) is 0 Å². The fourth-order valence-corrected chi connectivity index (χ4v) is 2.42. The predicted octanol–water partition coefficient (Wildman–Crippen LogP) is 3.81. The van der Waals surface area contributed by atoms with E-state index in [4.69, 9.17) is 8.85 Å². The fourth-order valence-electron chi connectivity index (χ4n) is 0.963. The summed E-state index contributed by atoms with van der Waals surface area (Å²) in [5.41, 5.74) is 0. The van der Waals surface area contributed by atoms with Crippen LogP contribution in [0.1, 0.15) is 40.5 Å². The van der Waals surface area contributed by atoms with Crippen LogP contribution in [0.15, 0.2) is 0 Å². The van der Waals surface area contributed by atoms with E-state index in [1.807, 2.05) is 0 Å². The molecule has 0 aliphatic rings. The molecule has 92 valence electrons. The van der Waals surface area contributed by atoms with Crippen LogP contribution in [0.2, 0.25) is 13.1 Å². The molecule has 0 bridgehead atoms. The monoisotopic (exact) mass is 232 g/mol. The Morgan fingerprint density at radius 2 is 1.20 bits per heavy atom. The average Bonchev–Trinajstić information content (AvgIpc) is 2.22. The number of hydrogen-bond donors (Lipinski definition) is 0. The summed E-state index contributed by atoms with van der Waals surface area (Å²) < 4.78 is 11.8. The van der Waals surface area contributed by atoms with Gasteiger partial charge < -0.3 is 8.85 Å². The zero-order chi connectivity index (χ0) is 11.9. The van der Waals surface area contributed by atoms with Crippen molar-refractivity contribution in [2.45, 2.75) is 53.6 Å². The molecule has 0 aromatic rings. The Labute approximate surface area is 96.6 Å². The lowest BCUT2D eigenvalue weighted by Crippen LogP contribution is -2.37. The molecule has 0 N–H and O–H groups in total. The van der Waals surface area contributed by atoms with Gasteiger partial charge in [-0.3, -0.25) is 0 Å². The highest BCUT2D eigenvalue weighted by molar-refractivity contribution is 6.64. The van der Waals surface area contributed by atoms with Crippen molar-refractivity contribution in [3.63, 3.8) is 0 Å². The van der Waals surface area contributed by atoms with Crippen LogP contribution in [-0.2, 0) is 8.85 Å². The van der Waals surface area contributed by atoms with E-state index in [9.17, 15) is 0 Å². The minimum Gasteiger partial charge on any atom is -0.394 e. The van der Waals surface area contributed by atoms with Gasteiger partial charge >= 0.3 is 8.56 Å². The van der Waals surface area contributed by atoms with Gasteiger partial charge in [-0.1, -0.05) is 40.5 Å². The van der Waals surface area contributed by atoms with E-state index < -0.39 is 8.56 Å². The van der Waals surface area contributed by atoms with Crippen LogP contribution in [0, 0.1) is 11.8 Å². The summed E-state index contributed by atoms with van der Waals surface area (Å²) in [6.45, 7) is 14.8. The molecule has 0 spiro atoms. The van der Waals surface area contributed by atoms with Crippen LogP contribution < -0.4 is 0 Å². The Kier molecular flexibility index (Phi) is 7.48. The van der Waals surface area contributed by atoms with Crippen LogP contribution in [0.25, 0.3) is 0 Å². The molecular weight excluding hydrogens is 204 g/mol. The topological polar surface area (TPSA) is 18.5 Å². The molecule has 0 aromatic carbocycles. The molecular formula is C12H28O2Si. The molecule has 0 heterocycles. The maximum Gasteiger partial charge on any atom is 0.331 e. The maximum absolute atomic E-state index is 5.89. The van der Waals surface area contributed by atoms with Crippen LogP contribution in [0.5, 0.6) is 0 Å². The third-order valence-electron chi connectivity index (χ3n) is 2.82. The second kappa shape index (κ2) is 7.42. The summed E-state index contributed by atoms with van der Waals surface area (Å²) in [7, 11) is -1.86. The third-order valence-corrected chi connectivity index (χ3v) is 4.55. The van der Waals surface area contributed by atoms with E-state index in [-0.39, 0.29) is 0 Å². The Morgan fingerprint density at radius 1 is 0.867 bits per heavy atom. The molecule has 0 saturated heterocycles. The Morgan fingerprint density at radius 3 is 1.47 bits per heavy atom. The molecule has 0 aromatic heterocycles. The minimum atomic E-state index is -1.86. The summed E-state index contributed by atoms with van der Waals surface area (Å²) >= 11 is 0. The van der Waals surface area contributed by atoms with Crippen molar-refractivity contribution in [3.05, 3.63) is 0 Å². The van der Waals surface area contributed by atoms with Crippen LogP contribution in [-0.4, -0.2) is 21.8 Å². The quantitative estimate of drug-likeness (QED) is 0.592. The highest BCUT2D eigenvalue weighted by atomic mass is 28.4. The molecule has 0 fully saturated rings. The minimum absolute atomic E-state index is 0.643. The first-order chi connectivity index (χ1) is 6.91. The lowest BCUT2D eigenvalue weighted by molar-refractivity contribution is 0.140. The first kappa shape index (κ1) is 15.1. The van der Waals surface area contributed by atoms with Crippen LogP contribution in [0.3, 0.4) is 0 Å². The van der Waals surface area contributed by atoms with Gasteiger partial charge in [-0.05, 0) is 24.9 Å². The summed E-state index contributed by atoms with van der Waals surface area (Å²) in [6.07, 6.45) is 2.35. The van der Waals surface area contributed by atoms with Gasteiger partial charge in [0, 0.05) is 13.2 Å². The highest BCUT2D eigenvalue weighted by Crippen LogP contribution is 2.13. The van der Waals surface area contributed by atoms with E-state index in [2.05, 4.69) is 40.8 Å². The second-order valence-corrected chi connectivity index (χ2v) is 8.43. The normalized spacial score (nSPS) is 16.4. The molecule has 15 heavy (non-hydrogen) atoms. The SMILES string of the molecule is CCC(C)CO[Si](C)(C)OCC(C)CC. The van der Waals surface area contributed by atoms with Crippen molar-refractivity contribution >= 4 is 8.56 Å². The Bertz CT molecular complexity index is 144. The third kappa shape index (κ3) is 8.00. The number of hydrogen-bond acceptors (Lipinski definition) is 2. The lowest BCUT2D eigenvalue weighted by Gasteiger charge is -2.26. The molecule has 0 rings (SSSR count). The lowest BCUT2D eigenvalue weighted by atomic mass is 10.1. The van der Waals surface area contributed by atoms with Crippen molar-refractivity contribution in [2.24, 2.45) is 11.8 Å². The summed E-state index contributed by atoms with van der Waals surface area (Å²) in [5, 5.41) is 0. The van der Waals surface area contributed by atoms with E-state index in [1.54, 1.807) is 0 Å². The van der Waals surface area contributed by atoms with E-state index >= 15 is 0 Å². The van der Waals surface area contributed by atoms with Gasteiger partial charge in [0.2, 0.25) is 0 Å². The zero-order valence-corrected chi connectivity index (χ0v) is 12.3.